The number of hydrogen-bond donors (Lipinski definition) is 1. The first-order valence-electron chi connectivity index (χ1n) is 6.48. The Bertz CT molecular complexity index is 669. The lowest BCUT2D eigenvalue weighted by atomic mass is 10.1. The molecule has 1 amide bonds. The van der Waals surface area contributed by atoms with E-state index in [1.165, 1.54) is 0 Å². The minimum absolute atomic E-state index is 0.0984. The van der Waals surface area contributed by atoms with Gasteiger partial charge in [-0.2, -0.15) is 8.73 Å². The molecule has 1 unspecified atom stereocenters. The van der Waals surface area contributed by atoms with E-state index in [4.69, 9.17) is 9.84 Å². The van der Waals surface area contributed by atoms with Crippen molar-refractivity contribution in [1.29, 1.82) is 0 Å². The molecule has 0 aromatic heterocycles. The van der Waals surface area contributed by atoms with Gasteiger partial charge in [-0.15, -0.1) is 0 Å². The number of morpholine rings is 1. The first-order chi connectivity index (χ1) is 10.1. The minimum atomic E-state index is -0.927. The first kappa shape index (κ1) is 13.9. The molecule has 8 heteroatoms. The molecule has 0 spiro atoms. The van der Waals surface area contributed by atoms with Crippen molar-refractivity contribution >= 4 is 34.6 Å². The molecule has 0 bridgehead atoms. The fourth-order valence-electron chi connectivity index (χ4n) is 2.32. The number of benzene rings is 1. The van der Waals surface area contributed by atoms with Gasteiger partial charge in [-0.25, -0.2) is 0 Å². The van der Waals surface area contributed by atoms with Crippen LogP contribution >= 0.6 is 0 Å². The highest BCUT2D eigenvalue weighted by Crippen LogP contribution is 2.32. The molecule has 1 atom stereocenters. The van der Waals surface area contributed by atoms with Crippen LogP contribution in [0.25, 0.3) is 0 Å². The third-order valence-corrected chi connectivity index (χ3v) is 3.89. The van der Waals surface area contributed by atoms with Crippen molar-refractivity contribution in [3.63, 3.8) is 0 Å². The number of rotatable bonds is 3. The van der Waals surface area contributed by atoms with Gasteiger partial charge in [0.15, 0.2) is 0 Å². The number of amides is 1. The van der Waals surface area contributed by atoms with Gasteiger partial charge in [-0.05, 0) is 18.2 Å². The lowest BCUT2D eigenvalue weighted by Gasteiger charge is -2.32. The maximum absolute atomic E-state index is 12.5. The normalized spacial score (nSPS) is 20.0. The maximum atomic E-state index is 12.5. The summed E-state index contributed by atoms with van der Waals surface area (Å²) in [6.45, 7) is 1.10. The lowest BCUT2D eigenvalue weighted by molar-refractivity contribution is -0.141. The number of aliphatic carboxylic acids is 1. The largest absolute Gasteiger partial charge is 0.481 e. The number of hydrogen-bond acceptors (Lipinski definition) is 5. The summed E-state index contributed by atoms with van der Waals surface area (Å²) < 4.78 is 13.6. The minimum Gasteiger partial charge on any atom is -0.481 e. The topological polar surface area (TPSA) is 91.6 Å². The summed E-state index contributed by atoms with van der Waals surface area (Å²) >= 11 is 1.11. The Balaban J connectivity index is 1.73. The van der Waals surface area contributed by atoms with E-state index in [2.05, 4.69) is 8.73 Å². The summed E-state index contributed by atoms with van der Waals surface area (Å²) in [7, 11) is 0. The van der Waals surface area contributed by atoms with Crippen molar-refractivity contribution in [2.75, 3.05) is 19.7 Å². The molecule has 1 N–H and O–H groups in total. The van der Waals surface area contributed by atoms with Crippen molar-refractivity contribution in [3.8, 4) is 0 Å². The Labute approximate surface area is 124 Å². The van der Waals surface area contributed by atoms with Crippen molar-refractivity contribution in [1.82, 2.24) is 4.90 Å². The first-order valence-corrected chi connectivity index (χ1v) is 7.21. The summed E-state index contributed by atoms with van der Waals surface area (Å²) in [5, 5.41) is 8.80. The Morgan fingerprint density at radius 3 is 3.00 bits per heavy atom. The van der Waals surface area contributed by atoms with Crippen LogP contribution in [0.2, 0.25) is 0 Å². The number of carboxylic acids is 1. The van der Waals surface area contributed by atoms with Crippen LogP contribution in [0, 0.1) is 0 Å². The Morgan fingerprint density at radius 1 is 1.38 bits per heavy atom. The van der Waals surface area contributed by atoms with Gasteiger partial charge in [-0.1, -0.05) is 0 Å². The molecule has 1 aromatic carbocycles. The van der Waals surface area contributed by atoms with Gasteiger partial charge in [0.2, 0.25) is 0 Å². The van der Waals surface area contributed by atoms with E-state index >= 15 is 0 Å². The summed E-state index contributed by atoms with van der Waals surface area (Å²) in [4.78, 5) is 24.8. The summed E-state index contributed by atoms with van der Waals surface area (Å²) in [5.74, 6) is -1.06. The van der Waals surface area contributed by atoms with Gasteiger partial charge in [0.05, 0.1) is 30.5 Å². The van der Waals surface area contributed by atoms with Crippen molar-refractivity contribution in [3.05, 3.63) is 23.8 Å². The SMILES string of the molecule is O=C(O)CC1CN(C(=O)c2ccc3c(c2)N=S=N3)CCO1. The molecule has 0 saturated carbocycles. The Kier molecular flexibility index (Phi) is 3.80. The van der Waals surface area contributed by atoms with Crippen LogP contribution in [-0.4, -0.2) is 47.7 Å². The predicted octanol–water partition coefficient (Wildman–Crippen LogP) is 1.73. The smallest absolute Gasteiger partial charge is 0.306 e. The van der Waals surface area contributed by atoms with E-state index in [9.17, 15) is 9.59 Å². The van der Waals surface area contributed by atoms with Gasteiger partial charge in [0, 0.05) is 18.7 Å². The average Bonchev–Trinajstić information content (AvgIpc) is 2.93. The molecular weight excluding hydrogens is 294 g/mol. The van der Waals surface area contributed by atoms with E-state index in [-0.39, 0.29) is 12.3 Å². The quantitative estimate of drug-likeness (QED) is 0.934. The molecule has 21 heavy (non-hydrogen) atoms. The molecule has 3 rings (SSSR count). The fourth-order valence-corrected chi connectivity index (χ4v) is 2.84. The van der Waals surface area contributed by atoms with Crippen molar-refractivity contribution in [2.24, 2.45) is 8.73 Å². The standard InChI is InChI=1S/C13H13N3O4S/c17-12(18)6-9-7-16(3-4-20-9)13(19)8-1-2-10-11(5-8)15-21-14-10/h1-2,5,9H,3-4,6-7H2,(H,17,18). The monoisotopic (exact) mass is 307 g/mol. The van der Waals surface area contributed by atoms with E-state index in [0.717, 1.165) is 17.0 Å². The van der Waals surface area contributed by atoms with Gasteiger partial charge >= 0.3 is 5.97 Å². The highest BCUT2D eigenvalue weighted by atomic mass is 32.1. The van der Waals surface area contributed by atoms with Crippen LogP contribution in [0.5, 0.6) is 0 Å². The zero-order valence-corrected chi connectivity index (χ0v) is 11.9. The molecule has 2 heterocycles. The van der Waals surface area contributed by atoms with Crippen LogP contribution < -0.4 is 0 Å². The van der Waals surface area contributed by atoms with E-state index in [0.29, 0.717) is 30.9 Å². The highest BCUT2D eigenvalue weighted by Gasteiger charge is 2.27. The van der Waals surface area contributed by atoms with Crippen molar-refractivity contribution < 1.29 is 19.4 Å². The highest BCUT2D eigenvalue weighted by molar-refractivity contribution is 7.58. The molecule has 0 radical (unpaired) electrons. The molecule has 2 aliphatic heterocycles. The Hall–Kier alpha value is -2.06. The van der Waals surface area contributed by atoms with E-state index < -0.39 is 12.1 Å². The second-order valence-corrected chi connectivity index (χ2v) is 5.34. The zero-order chi connectivity index (χ0) is 14.8. The predicted molar refractivity (Wildman–Crippen MR) is 75.9 cm³/mol. The van der Waals surface area contributed by atoms with Gasteiger partial charge in [0.1, 0.15) is 11.4 Å². The van der Waals surface area contributed by atoms with Crippen LogP contribution in [0.4, 0.5) is 11.4 Å². The second kappa shape index (κ2) is 5.74. The van der Waals surface area contributed by atoms with Gasteiger partial charge < -0.3 is 14.7 Å². The number of nitrogens with zero attached hydrogens (tertiary/aromatic N) is 3. The fraction of sp³-hybridized carbons (Fsp3) is 0.385. The molecule has 110 valence electrons. The van der Waals surface area contributed by atoms with Crippen LogP contribution in [0.3, 0.4) is 0 Å². The number of ether oxygens (including phenoxy) is 1. The summed E-state index contributed by atoms with van der Waals surface area (Å²) in [6.07, 6.45) is -0.552. The summed E-state index contributed by atoms with van der Waals surface area (Å²) in [5.41, 5.74) is 2.00. The van der Waals surface area contributed by atoms with Gasteiger partial charge in [-0.3, -0.25) is 9.59 Å². The number of carbonyl (C=O) groups excluding carboxylic acids is 1. The molecule has 7 nitrogen and oxygen atoms in total. The molecule has 1 fully saturated rings. The number of carboxylic acid groups (broad SMARTS) is 1. The zero-order valence-electron chi connectivity index (χ0n) is 11.1. The average molecular weight is 307 g/mol. The van der Waals surface area contributed by atoms with Crippen molar-refractivity contribution in [2.45, 2.75) is 12.5 Å². The van der Waals surface area contributed by atoms with E-state index in [1.54, 1.807) is 23.1 Å². The molecule has 1 aromatic rings. The summed E-state index contributed by atoms with van der Waals surface area (Å²) in [6, 6.07) is 5.19. The third-order valence-electron chi connectivity index (χ3n) is 3.33. The molecule has 2 aliphatic rings. The van der Waals surface area contributed by atoms with E-state index in [1.807, 2.05) is 0 Å². The second-order valence-electron chi connectivity index (χ2n) is 4.81. The molecule has 0 aliphatic carbocycles. The van der Waals surface area contributed by atoms with Crippen LogP contribution in [0.15, 0.2) is 26.9 Å². The lowest BCUT2D eigenvalue weighted by Crippen LogP contribution is -2.46. The molecule has 1 saturated heterocycles. The molecular formula is C13H13N3O4S. The third kappa shape index (κ3) is 3.01. The van der Waals surface area contributed by atoms with Crippen LogP contribution in [0.1, 0.15) is 16.8 Å². The van der Waals surface area contributed by atoms with Gasteiger partial charge in [0.25, 0.3) is 5.91 Å². The van der Waals surface area contributed by atoms with Crippen LogP contribution in [-0.2, 0) is 20.9 Å². The Morgan fingerprint density at radius 2 is 2.19 bits per heavy atom. The maximum Gasteiger partial charge on any atom is 0.306 e. The number of fused-ring (bicyclic) bond motifs is 1. The number of carbonyl (C=O) groups is 2.